The van der Waals surface area contributed by atoms with Gasteiger partial charge in [-0.1, -0.05) is 75.4 Å². The fourth-order valence-corrected chi connectivity index (χ4v) is 5.06. The number of benzene rings is 2. The third kappa shape index (κ3) is 8.28. The molecule has 224 valence electrons. The fourth-order valence-electron chi connectivity index (χ4n) is 5.06. The Morgan fingerprint density at radius 3 is 2.36 bits per heavy atom. The van der Waals surface area contributed by atoms with E-state index in [0.717, 1.165) is 18.4 Å². The van der Waals surface area contributed by atoms with Gasteiger partial charge in [-0.3, -0.25) is 14.4 Å². The second kappa shape index (κ2) is 15.3. The Morgan fingerprint density at radius 2 is 1.71 bits per heavy atom. The van der Waals surface area contributed by atoms with Crippen LogP contribution in [0.5, 0.6) is 0 Å². The number of rotatable bonds is 14. The van der Waals surface area contributed by atoms with E-state index in [2.05, 4.69) is 13.2 Å². The van der Waals surface area contributed by atoms with Gasteiger partial charge in [0.2, 0.25) is 5.78 Å². The molecular formula is C35H44N2O5. The zero-order valence-electron chi connectivity index (χ0n) is 25.2. The highest BCUT2D eigenvalue weighted by Crippen LogP contribution is 2.29. The molecule has 42 heavy (non-hydrogen) atoms. The molecule has 0 unspecified atom stereocenters. The van der Waals surface area contributed by atoms with Crippen molar-refractivity contribution in [3.63, 3.8) is 0 Å². The summed E-state index contributed by atoms with van der Waals surface area (Å²) in [5.41, 5.74) is 1.45. The van der Waals surface area contributed by atoms with E-state index in [1.807, 2.05) is 43.3 Å². The van der Waals surface area contributed by atoms with Crippen LogP contribution in [0.3, 0.4) is 0 Å². The number of carbonyl (C=O) groups is 4. The molecule has 0 bridgehead atoms. The van der Waals surface area contributed by atoms with Gasteiger partial charge in [0, 0.05) is 30.6 Å². The van der Waals surface area contributed by atoms with Gasteiger partial charge in [-0.25, -0.2) is 4.79 Å². The summed E-state index contributed by atoms with van der Waals surface area (Å²) in [6.45, 7) is 14.0. The standard InChI is InChI=1S/C35H44N2O5/c1-6-22-36(23-7-2)32(39)28-18-14-17-27(25-28)30(21-20-26-15-10-9-11-16-26)42-34(41)29-19-12-13-24-37(29)33(40)31(38)35(4,5)8-3/h6-7,9-11,14-18,25,29-30H,1-2,8,12-13,19-24H2,3-5H3/t29-,30+/m0/s1. The summed E-state index contributed by atoms with van der Waals surface area (Å²) in [6, 6.07) is 16.2. The molecule has 7 heteroatoms. The number of esters is 1. The normalized spacial score (nSPS) is 15.8. The molecule has 1 fully saturated rings. The number of Topliss-reactive ketones (excluding diaryl/α,β-unsaturated/α-hetero) is 1. The summed E-state index contributed by atoms with van der Waals surface area (Å²) >= 11 is 0. The average Bonchev–Trinajstić information content (AvgIpc) is 3.02. The van der Waals surface area contributed by atoms with Crippen molar-refractivity contribution in [2.75, 3.05) is 19.6 Å². The van der Waals surface area contributed by atoms with Crippen LogP contribution in [0.1, 0.15) is 80.5 Å². The summed E-state index contributed by atoms with van der Waals surface area (Å²) < 4.78 is 6.16. The summed E-state index contributed by atoms with van der Waals surface area (Å²) in [7, 11) is 0. The van der Waals surface area contributed by atoms with Crippen LogP contribution in [-0.4, -0.2) is 59.0 Å². The number of piperidine rings is 1. The molecule has 2 amide bonds. The number of hydrogen-bond acceptors (Lipinski definition) is 5. The van der Waals surface area contributed by atoms with Crippen molar-refractivity contribution in [2.24, 2.45) is 5.41 Å². The molecule has 2 aromatic carbocycles. The second-order valence-electron chi connectivity index (χ2n) is 11.4. The Bertz CT molecular complexity index is 1260. The van der Waals surface area contributed by atoms with Crippen molar-refractivity contribution in [3.05, 3.63) is 96.6 Å². The second-order valence-corrected chi connectivity index (χ2v) is 11.4. The van der Waals surface area contributed by atoms with Gasteiger partial charge in [-0.15, -0.1) is 13.2 Å². The Balaban J connectivity index is 1.89. The molecule has 1 aliphatic heterocycles. The SMILES string of the molecule is C=CCN(CC=C)C(=O)c1cccc([C@@H](CCc2ccccc2)OC(=O)[C@@H]2CCCCN2C(=O)C(=O)C(C)(C)CC)c1. The van der Waals surface area contributed by atoms with Crippen LogP contribution in [0.25, 0.3) is 0 Å². The van der Waals surface area contributed by atoms with Crippen molar-refractivity contribution in [2.45, 2.75) is 71.4 Å². The van der Waals surface area contributed by atoms with Gasteiger partial charge in [0.1, 0.15) is 12.1 Å². The van der Waals surface area contributed by atoms with Gasteiger partial charge < -0.3 is 14.5 Å². The highest BCUT2D eigenvalue weighted by atomic mass is 16.5. The van der Waals surface area contributed by atoms with Crippen molar-refractivity contribution >= 4 is 23.6 Å². The number of ether oxygens (including phenoxy) is 1. The van der Waals surface area contributed by atoms with Crippen LogP contribution >= 0.6 is 0 Å². The van der Waals surface area contributed by atoms with Crippen LogP contribution in [0.15, 0.2) is 79.9 Å². The van der Waals surface area contributed by atoms with Crippen LogP contribution in [0.4, 0.5) is 0 Å². The van der Waals surface area contributed by atoms with E-state index in [9.17, 15) is 19.2 Å². The van der Waals surface area contributed by atoms with Crippen molar-refractivity contribution in [1.82, 2.24) is 9.80 Å². The molecule has 3 rings (SSSR count). The maximum Gasteiger partial charge on any atom is 0.329 e. The monoisotopic (exact) mass is 572 g/mol. The molecule has 7 nitrogen and oxygen atoms in total. The Labute approximate surface area is 250 Å². The first kappa shape index (κ1) is 32.5. The Hall–Kier alpha value is -4.00. The quantitative estimate of drug-likeness (QED) is 0.155. The summed E-state index contributed by atoms with van der Waals surface area (Å²) in [5, 5.41) is 0. The predicted octanol–water partition coefficient (Wildman–Crippen LogP) is 6.10. The molecule has 0 aromatic heterocycles. The van der Waals surface area contributed by atoms with Crippen LogP contribution < -0.4 is 0 Å². The number of likely N-dealkylation sites (tertiary alicyclic amines) is 1. The summed E-state index contributed by atoms with van der Waals surface area (Å²) in [5.74, 6) is -1.81. The Morgan fingerprint density at radius 1 is 1.02 bits per heavy atom. The van der Waals surface area contributed by atoms with Crippen molar-refractivity contribution < 1.29 is 23.9 Å². The van der Waals surface area contributed by atoms with Gasteiger partial charge in [0.25, 0.3) is 11.8 Å². The minimum Gasteiger partial charge on any atom is -0.456 e. The highest BCUT2D eigenvalue weighted by molar-refractivity contribution is 6.38. The average molecular weight is 573 g/mol. The molecule has 2 aromatic rings. The maximum atomic E-state index is 13.7. The third-order valence-corrected chi connectivity index (χ3v) is 8.02. The van der Waals surface area contributed by atoms with E-state index in [1.54, 1.807) is 49.1 Å². The van der Waals surface area contributed by atoms with Crippen LogP contribution in [-0.2, 0) is 25.5 Å². The smallest absolute Gasteiger partial charge is 0.329 e. The van der Waals surface area contributed by atoms with E-state index in [-0.39, 0.29) is 5.91 Å². The first-order valence-electron chi connectivity index (χ1n) is 14.8. The van der Waals surface area contributed by atoms with E-state index in [4.69, 9.17) is 4.74 Å². The first-order valence-corrected chi connectivity index (χ1v) is 14.8. The van der Waals surface area contributed by atoms with E-state index >= 15 is 0 Å². The molecule has 1 heterocycles. The van der Waals surface area contributed by atoms with Gasteiger partial charge in [0.15, 0.2) is 0 Å². The number of amides is 2. The lowest BCUT2D eigenvalue weighted by Crippen LogP contribution is -2.53. The number of carbonyl (C=O) groups excluding carboxylic acids is 4. The van der Waals surface area contributed by atoms with Crippen LogP contribution in [0, 0.1) is 5.41 Å². The highest BCUT2D eigenvalue weighted by Gasteiger charge is 2.41. The van der Waals surface area contributed by atoms with Crippen LogP contribution in [0.2, 0.25) is 0 Å². The number of ketones is 1. The lowest BCUT2D eigenvalue weighted by atomic mass is 9.84. The first-order chi connectivity index (χ1) is 20.1. The molecule has 2 atom stereocenters. The van der Waals surface area contributed by atoms with Gasteiger partial charge in [-0.2, -0.15) is 0 Å². The fraction of sp³-hybridized carbons (Fsp3) is 0.429. The van der Waals surface area contributed by atoms with Gasteiger partial charge in [-0.05, 0) is 61.8 Å². The predicted molar refractivity (Wildman–Crippen MR) is 165 cm³/mol. The van der Waals surface area contributed by atoms with Gasteiger partial charge >= 0.3 is 5.97 Å². The zero-order chi connectivity index (χ0) is 30.7. The molecule has 0 N–H and O–H groups in total. The van der Waals surface area contributed by atoms with Gasteiger partial charge in [0.05, 0.1) is 0 Å². The molecule has 1 aliphatic rings. The summed E-state index contributed by atoms with van der Waals surface area (Å²) in [6.07, 6.45) is 6.25. The molecule has 1 saturated heterocycles. The number of nitrogens with zero attached hydrogens (tertiary/aromatic N) is 2. The third-order valence-electron chi connectivity index (χ3n) is 8.02. The lowest BCUT2D eigenvalue weighted by molar-refractivity contribution is -0.164. The Kier molecular flexibility index (Phi) is 11.8. The topological polar surface area (TPSA) is 84.0 Å². The summed E-state index contributed by atoms with van der Waals surface area (Å²) in [4.78, 5) is 56.4. The molecule has 0 spiro atoms. The van der Waals surface area contributed by atoms with E-state index in [1.165, 1.54) is 4.90 Å². The van der Waals surface area contributed by atoms with Crippen molar-refractivity contribution in [1.29, 1.82) is 0 Å². The molecular weight excluding hydrogens is 528 g/mol. The minimum absolute atomic E-state index is 0.175. The van der Waals surface area contributed by atoms with Crippen molar-refractivity contribution in [3.8, 4) is 0 Å². The minimum atomic E-state index is -0.831. The largest absolute Gasteiger partial charge is 0.456 e. The number of hydrogen-bond donors (Lipinski definition) is 0. The molecule has 0 aliphatic carbocycles. The van der Waals surface area contributed by atoms with E-state index < -0.39 is 35.2 Å². The maximum absolute atomic E-state index is 13.7. The van der Waals surface area contributed by atoms with E-state index in [0.29, 0.717) is 56.4 Å². The lowest BCUT2D eigenvalue weighted by Gasteiger charge is -2.36. The molecule has 0 saturated carbocycles. The molecule has 0 radical (unpaired) electrons. The number of aryl methyl sites for hydroxylation is 1. The zero-order valence-corrected chi connectivity index (χ0v) is 25.2.